The second-order valence-corrected chi connectivity index (χ2v) is 18.6. The third-order valence-corrected chi connectivity index (χ3v) is 16.1. The summed E-state index contributed by atoms with van der Waals surface area (Å²) in [7, 11) is -2.16. The SMILES string of the molecule is O=C(OOB(OOC(=O)c1ccccc1)OOC(=O)c1ccc(-c2ccccc2P(OC(=O)c2ccccc2)(c2ccccc2)(c2ccccc2)c2ccccc2)cc1)c1ccccc1. The smallest absolute Gasteiger partial charge is 0.0622 e. The average Bonchev–Trinajstić information content (AvgIpc) is 3.39. The molecule has 0 unspecified atom stereocenters. The maximum absolute atomic E-state index is 14.8. The van der Waals surface area contributed by atoms with Gasteiger partial charge in [0.1, 0.15) is 0 Å². The van der Waals surface area contributed by atoms with Crippen LogP contribution in [0.4, 0.5) is 0 Å². The summed E-state index contributed by atoms with van der Waals surface area (Å²) in [6.07, 6.45) is 0. The molecule has 320 valence electrons. The van der Waals surface area contributed by atoms with Gasteiger partial charge in [0.25, 0.3) is 0 Å². The molecule has 0 spiro atoms. The van der Waals surface area contributed by atoms with Crippen LogP contribution in [0.3, 0.4) is 0 Å². The number of hydrogen-bond acceptors (Lipinski definition) is 11. The van der Waals surface area contributed by atoms with Gasteiger partial charge in [-0.1, -0.05) is 36.4 Å². The number of rotatable bonds is 16. The first-order chi connectivity index (χ1) is 31.9. The molecule has 0 N–H and O–H groups in total. The predicted octanol–water partition coefficient (Wildman–Crippen LogP) is 8.93. The molecular formula is C52H38BO11P. The van der Waals surface area contributed by atoms with E-state index in [2.05, 4.69) is 0 Å². The van der Waals surface area contributed by atoms with Crippen LogP contribution in [-0.2, 0) is 33.6 Å². The van der Waals surface area contributed by atoms with E-state index < -0.39 is 38.0 Å². The Balaban J connectivity index is 1.14. The maximum Gasteiger partial charge on any atom is 0.0627 e. The van der Waals surface area contributed by atoms with E-state index in [4.69, 9.17) is 33.6 Å². The Labute approximate surface area is 374 Å². The Kier molecular flexibility index (Phi) is 13.4. The van der Waals surface area contributed by atoms with E-state index in [-0.39, 0.29) is 16.7 Å². The van der Waals surface area contributed by atoms with Crippen molar-refractivity contribution in [1.82, 2.24) is 0 Å². The summed E-state index contributed by atoms with van der Waals surface area (Å²) in [5.74, 6) is -3.38. The topological polar surface area (TPSA) is 133 Å². The van der Waals surface area contributed by atoms with Gasteiger partial charge in [0.05, 0.1) is 11.1 Å². The van der Waals surface area contributed by atoms with Crippen LogP contribution in [0.1, 0.15) is 41.4 Å². The molecule has 0 amide bonds. The van der Waals surface area contributed by atoms with Crippen molar-refractivity contribution in [3.8, 4) is 11.1 Å². The van der Waals surface area contributed by atoms with Crippen LogP contribution in [0.15, 0.2) is 231 Å². The van der Waals surface area contributed by atoms with E-state index in [1.807, 2.05) is 121 Å². The van der Waals surface area contributed by atoms with Crippen molar-refractivity contribution in [3.63, 3.8) is 0 Å². The van der Waals surface area contributed by atoms with Crippen LogP contribution in [0.25, 0.3) is 11.1 Å². The molecule has 13 heteroatoms. The zero-order valence-corrected chi connectivity index (χ0v) is 35.3. The van der Waals surface area contributed by atoms with Crippen molar-refractivity contribution < 1.29 is 52.8 Å². The van der Waals surface area contributed by atoms with Crippen LogP contribution in [0.2, 0.25) is 0 Å². The van der Waals surface area contributed by atoms with Crippen molar-refractivity contribution in [1.29, 1.82) is 0 Å². The fraction of sp³-hybridized carbons (Fsp3) is 0. The summed E-state index contributed by atoms with van der Waals surface area (Å²) in [6.45, 7) is -4.57. The Bertz CT molecular complexity index is 2720. The maximum atomic E-state index is 14.8. The molecule has 0 aliphatic heterocycles. The summed E-state index contributed by atoms with van der Waals surface area (Å²) in [5, 5.41) is 3.09. The molecule has 0 atom stereocenters. The standard InChI is InChI=1S/C52H38BO11P/c54-49(40-21-7-1-8-22-40)58-62-53(63-59-50(55)41-23-9-2-10-24-41)64-60-51(56)43-37-35-39(36-38-43)47-33-19-20-34-48(47)65(44-27-13-4-14-28-44,45-29-15-5-16-30-45,46-31-17-6-18-32-46)61-52(57)42-25-11-3-12-26-42/h1-38H. The monoisotopic (exact) mass is 880 g/mol. The first kappa shape index (κ1) is 43.7. The molecule has 8 rings (SSSR count). The van der Waals surface area contributed by atoms with E-state index in [0.717, 1.165) is 26.8 Å². The Morgan fingerprint density at radius 1 is 0.323 bits per heavy atom. The molecule has 0 saturated carbocycles. The number of carbonyl (C=O) groups is 4. The minimum atomic E-state index is -4.57. The number of benzene rings is 8. The fourth-order valence-corrected chi connectivity index (χ4v) is 13.3. The van der Waals surface area contributed by atoms with E-state index in [1.54, 1.807) is 72.8 Å². The first-order valence-corrected chi connectivity index (χ1v) is 22.4. The summed E-state index contributed by atoms with van der Waals surface area (Å²) < 4.78 is 7.37. The predicted molar refractivity (Wildman–Crippen MR) is 247 cm³/mol. The summed E-state index contributed by atoms with van der Waals surface area (Å²) in [5.41, 5.74) is 2.07. The Hall–Kier alpha value is -7.99. The van der Waals surface area contributed by atoms with Crippen LogP contribution >= 0.6 is 6.83 Å². The van der Waals surface area contributed by atoms with Crippen LogP contribution in [0, 0.1) is 0 Å². The number of carbonyl (C=O) groups excluding carboxylic acids is 4. The summed E-state index contributed by atoms with van der Waals surface area (Å²) in [6, 6.07) is 68.3. The van der Waals surface area contributed by atoms with E-state index in [9.17, 15) is 19.2 Å². The molecule has 0 radical (unpaired) electrons. The van der Waals surface area contributed by atoms with Gasteiger partial charge in [0, 0.05) is 0 Å². The molecule has 8 aromatic rings. The molecule has 0 fully saturated rings. The fourth-order valence-electron chi connectivity index (χ4n) is 7.47. The molecule has 0 heterocycles. The number of hydrogen-bond donors (Lipinski definition) is 0. The van der Waals surface area contributed by atoms with Gasteiger partial charge in [-0.2, -0.15) is 0 Å². The molecule has 0 bridgehead atoms. The van der Waals surface area contributed by atoms with Gasteiger partial charge in [-0.25, -0.2) is 9.59 Å². The summed E-state index contributed by atoms with van der Waals surface area (Å²) >= 11 is 0. The molecule has 0 aliphatic rings. The summed E-state index contributed by atoms with van der Waals surface area (Å²) in [4.78, 5) is 83.1. The van der Waals surface area contributed by atoms with Crippen molar-refractivity contribution >= 4 is 59.2 Å². The second kappa shape index (κ2) is 20.0. The normalized spacial score (nSPS) is 11.5. The van der Waals surface area contributed by atoms with Crippen molar-refractivity contribution in [3.05, 3.63) is 253 Å². The minimum Gasteiger partial charge on any atom is -0.0622 e. The van der Waals surface area contributed by atoms with Gasteiger partial charge < -0.3 is 0 Å². The molecule has 8 aromatic carbocycles. The van der Waals surface area contributed by atoms with Crippen LogP contribution < -0.4 is 21.2 Å². The molecule has 0 aliphatic carbocycles. The molecule has 0 saturated heterocycles. The average molecular weight is 881 g/mol. The molecule has 0 aromatic heterocycles. The van der Waals surface area contributed by atoms with Crippen LogP contribution in [-0.4, -0.2) is 31.2 Å². The van der Waals surface area contributed by atoms with Crippen molar-refractivity contribution in [2.75, 3.05) is 0 Å². The zero-order valence-electron chi connectivity index (χ0n) is 34.5. The van der Waals surface area contributed by atoms with Gasteiger partial charge in [0.2, 0.25) is 0 Å². The molecular weight excluding hydrogens is 842 g/mol. The quantitative estimate of drug-likeness (QED) is 0.0399. The van der Waals surface area contributed by atoms with Gasteiger partial charge in [0.15, 0.2) is 0 Å². The minimum absolute atomic E-state index is 0.0368. The molecule has 11 nitrogen and oxygen atoms in total. The van der Waals surface area contributed by atoms with E-state index in [0.29, 0.717) is 11.1 Å². The van der Waals surface area contributed by atoms with E-state index >= 15 is 0 Å². The molecule has 65 heavy (non-hydrogen) atoms. The van der Waals surface area contributed by atoms with Crippen molar-refractivity contribution in [2.45, 2.75) is 0 Å². The zero-order chi connectivity index (χ0) is 44.9. The van der Waals surface area contributed by atoms with Gasteiger partial charge in [-0.3, -0.25) is 0 Å². The van der Waals surface area contributed by atoms with Crippen molar-refractivity contribution in [2.24, 2.45) is 0 Å². The van der Waals surface area contributed by atoms with E-state index in [1.165, 1.54) is 36.4 Å². The Morgan fingerprint density at radius 3 is 1.02 bits per heavy atom. The Morgan fingerprint density at radius 2 is 0.631 bits per heavy atom. The first-order valence-electron chi connectivity index (χ1n) is 20.3. The largest absolute Gasteiger partial charge is 0.0627 e. The van der Waals surface area contributed by atoms with Crippen LogP contribution in [0.5, 0.6) is 0 Å². The second-order valence-electron chi connectivity index (χ2n) is 14.3. The van der Waals surface area contributed by atoms with Gasteiger partial charge in [-0.05, 0) is 24.3 Å². The third-order valence-electron chi connectivity index (χ3n) is 10.4. The van der Waals surface area contributed by atoms with Gasteiger partial charge in [-0.15, -0.1) is 0 Å². The van der Waals surface area contributed by atoms with Gasteiger partial charge >= 0.3 is 295 Å². The third kappa shape index (κ3) is 9.10.